The van der Waals surface area contributed by atoms with E-state index >= 15 is 0 Å². The van der Waals surface area contributed by atoms with E-state index in [9.17, 15) is 5.11 Å². The van der Waals surface area contributed by atoms with Gasteiger partial charge in [0.05, 0.1) is 16.8 Å². The van der Waals surface area contributed by atoms with Gasteiger partial charge in [-0.05, 0) is 37.8 Å². The monoisotopic (exact) mass is 273 g/mol. The second-order valence-electron chi connectivity index (χ2n) is 4.30. The Balaban J connectivity index is 2.91. The fourth-order valence-electron chi connectivity index (χ4n) is 1.66. The standard InChI is InChI=1S/C13H20ClNOS/c1-9(8-17-4)15(3)13-6-5-11(10(2)16)7-12(13)14/h5-7,9-10,16H,8H2,1-4H3. The van der Waals surface area contributed by atoms with Gasteiger partial charge < -0.3 is 10.0 Å². The molecule has 4 heteroatoms. The molecule has 0 amide bonds. The molecule has 1 N–H and O–H groups in total. The Kier molecular flexibility index (Phi) is 5.63. The molecule has 0 bridgehead atoms. The molecule has 0 saturated heterocycles. The SMILES string of the molecule is CSCC(C)N(C)c1ccc(C(C)O)cc1Cl. The molecule has 0 radical (unpaired) electrons. The molecular formula is C13H20ClNOS. The number of nitrogens with zero attached hydrogens (tertiary/aromatic N) is 1. The molecule has 0 spiro atoms. The predicted octanol–water partition coefficient (Wildman–Crippen LogP) is 3.58. The van der Waals surface area contributed by atoms with Crippen molar-refractivity contribution in [3.05, 3.63) is 28.8 Å². The maximum Gasteiger partial charge on any atom is 0.0762 e. The van der Waals surface area contributed by atoms with E-state index in [1.54, 1.807) is 6.92 Å². The summed E-state index contributed by atoms with van der Waals surface area (Å²) in [7, 11) is 2.05. The molecular weight excluding hydrogens is 254 g/mol. The van der Waals surface area contributed by atoms with Crippen LogP contribution in [0.4, 0.5) is 5.69 Å². The molecule has 2 atom stereocenters. The van der Waals surface area contributed by atoms with Crippen LogP contribution in [0.25, 0.3) is 0 Å². The first kappa shape index (κ1) is 14.7. The summed E-state index contributed by atoms with van der Waals surface area (Å²) >= 11 is 8.07. The van der Waals surface area contributed by atoms with E-state index in [0.29, 0.717) is 11.1 Å². The van der Waals surface area contributed by atoms with Gasteiger partial charge >= 0.3 is 0 Å². The van der Waals surface area contributed by atoms with E-state index in [2.05, 4.69) is 18.1 Å². The summed E-state index contributed by atoms with van der Waals surface area (Å²) in [6, 6.07) is 6.17. The Labute approximate surface area is 113 Å². The first-order valence-electron chi connectivity index (χ1n) is 5.66. The van der Waals surface area contributed by atoms with Crippen LogP contribution in [0.2, 0.25) is 5.02 Å². The Morgan fingerprint density at radius 1 is 1.41 bits per heavy atom. The quantitative estimate of drug-likeness (QED) is 0.887. The second kappa shape index (κ2) is 6.53. The van der Waals surface area contributed by atoms with Crippen LogP contribution in [0, 0.1) is 0 Å². The number of thioether (sulfide) groups is 1. The molecule has 0 fully saturated rings. The number of halogens is 1. The lowest BCUT2D eigenvalue weighted by Gasteiger charge is -2.27. The average molecular weight is 274 g/mol. The van der Waals surface area contributed by atoms with Crippen molar-refractivity contribution >= 4 is 29.1 Å². The van der Waals surface area contributed by atoms with Crippen LogP contribution in [0.5, 0.6) is 0 Å². The third-order valence-corrected chi connectivity index (χ3v) is 4.02. The second-order valence-corrected chi connectivity index (χ2v) is 5.62. The minimum absolute atomic E-state index is 0.430. The van der Waals surface area contributed by atoms with Crippen LogP contribution in [-0.4, -0.2) is 30.2 Å². The summed E-state index contributed by atoms with van der Waals surface area (Å²) in [5.41, 5.74) is 1.86. The third kappa shape index (κ3) is 3.80. The lowest BCUT2D eigenvalue weighted by atomic mass is 10.1. The molecule has 96 valence electrons. The van der Waals surface area contributed by atoms with Gasteiger partial charge in [0.25, 0.3) is 0 Å². The lowest BCUT2D eigenvalue weighted by molar-refractivity contribution is 0.199. The van der Waals surface area contributed by atoms with Crippen LogP contribution < -0.4 is 4.90 Å². The van der Waals surface area contributed by atoms with Crippen molar-refractivity contribution in [2.24, 2.45) is 0 Å². The smallest absolute Gasteiger partial charge is 0.0762 e. The topological polar surface area (TPSA) is 23.5 Å². The van der Waals surface area contributed by atoms with Crippen LogP contribution in [-0.2, 0) is 0 Å². The van der Waals surface area contributed by atoms with Gasteiger partial charge in [0.1, 0.15) is 0 Å². The highest BCUT2D eigenvalue weighted by molar-refractivity contribution is 7.98. The molecule has 2 nitrogen and oxygen atoms in total. The maximum atomic E-state index is 9.50. The number of rotatable bonds is 5. The highest BCUT2D eigenvalue weighted by Crippen LogP contribution is 2.29. The molecule has 17 heavy (non-hydrogen) atoms. The van der Waals surface area contributed by atoms with E-state index in [0.717, 1.165) is 17.0 Å². The van der Waals surface area contributed by atoms with E-state index in [1.165, 1.54) is 0 Å². The first-order valence-corrected chi connectivity index (χ1v) is 7.43. The molecule has 1 aromatic carbocycles. The molecule has 0 aromatic heterocycles. The Bertz CT molecular complexity index is 370. The number of hydrogen-bond donors (Lipinski definition) is 1. The fourth-order valence-corrected chi connectivity index (χ4v) is 2.69. The van der Waals surface area contributed by atoms with Gasteiger partial charge in [-0.15, -0.1) is 0 Å². The van der Waals surface area contributed by atoms with Crippen molar-refractivity contribution in [1.29, 1.82) is 0 Å². The van der Waals surface area contributed by atoms with Gasteiger partial charge in [0.2, 0.25) is 0 Å². The molecule has 0 aliphatic carbocycles. The molecule has 0 aliphatic rings. The number of benzene rings is 1. The summed E-state index contributed by atoms with van der Waals surface area (Å²) in [6.07, 6.45) is 1.62. The van der Waals surface area contributed by atoms with Crippen molar-refractivity contribution in [1.82, 2.24) is 0 Å². The molecule has 0 saturated carbocycles. The summed E-state index contributed by atoms with van der Waals surface area (Å²) in [4.78, 5) is 2.17. The average Bonchev–Trinajstić information content (AvgIpc) is 2.28. The highest BCUT2D eigenvalue weighted by atomic mass is 35.5. The number of aliphatic hydroxyl groups is 1. The summed E-state index contributed by atoms with van der Waals surface area (Å²) in [5.74, 6) is 1.06. The predicted molar refractivity (Wildman–Crippen MR) is 78.3 cm³/mol. The van der Waals surface area contributed by atoms with Crippen LogP contribution in [0.3, 0.4) is 0 Å². The maximum absolute atomic E-state index is 9.50. The van der Waals surface area contributed by atoms with Crippen molar-refractivity contribution in [2.75, 3.05) is 24.0 Å². The van der Waals surface area contributed by atoms with Gasteiger partial charge in [-0.1, -0.05) is 17.7 Å². The zero-order valence-corrected chi connectivity index (χ0v) is 12.3. The van der Waals surface area contributed by atoms with Crippen molar-refractivity contribution in [2.45, 2.75) is 26.0 Å². The highest BCUT2D eigenvalue weighted by Gasteiger charge is 2.13. The Morgan fingerprint density at radius 3 is 2.53 bits per heavy atom. The lowest BCUT2D eigenvalue weighted by Crippen LogP contribution is -2.31. The minimum Gasteiger partial charge on any atom is -0.389 e. The summed E-state index contributed by atoms with van der Waals surface area (Å²) in [5, 5.41) is 10.2. The van der Waals surface area contributed by atoms with Gasteiger partial charge in [0.15, 0.2) is 0 Å². The van der Waals surface area contributed by atoms with E-state index in [4.69, 9.17) is 11.6 Å². The third-order valence-electron chi connectivity index (χ3n) is 2.90. The van der Waals surface area contributed by atoms with Gasteiger partial charge in [-0.3, -0.25) is 0 Å². The fraction of sp³-hybridized carbons (Fsp3) is 0.538. The zero-order chi connectivity index (χ0) is 13.0. The number of anilines is 1. The molecule has 1 rings (SSSR count). The van der Waals surface area contributed by atoms with Crippen LogP contribution in [0.1, 0.15) is 25.5 Å². The summed E-state index contributed by atoms with van der Waals surface area (Å²) < 4.78 is 0. The largest absolute Gasteiger partial charge is 0.389 e. The molecule has 0 heterocycles. The minimum atomic E-state index is -0.476. The van der Waals surface area contributed by atoms with Gasteiger partial charge in [-0.2, -0.15) is 11.8 Å². The Hall–Kier alpha value is -0.380. The molecule has 0 aliphatic heterocycles. The van der Waals surface area contributed by atoms with E-state index in [1.807, 2.05) is 37.0 Å². The van der Waals surface area contributed by atoms with Crippen LogP contribution in [0.15, 0.2) is 18.2 Å². The van der Waals surface area contributed by atoms with Crippen molar-refractivity contribution < 1.29 is 5.11 Å². The van der Waals surface area contributed by atoms with Crippen molar-refractivity contribution in [3.8, 4) is 0 Å². The molecule has 1 aromatic rings. The first-order chi connectivity index (χ1) is 7.97. The number of hydrogen-bond acceptors (Lipinski definition) is 3. The van der Waals surface area contributed by atoms with Gasteiger partial charge in [0, 0.05) is 18.8 Å². The zero-order valence-electron chi connectivity index (χ0n) is 10.8. The van der Waals surface area contributed by atoms with E-state index < -0.39 is 6.10 Å². The molecule has 2 unspecified atom stereocenters. The number of aliphatic hydroxyl groups excluding tert-OH is 1. The van der Waals surface area contributed by atoms with Crippen molar-refractivity contribution in [3.63, 3.8) is 0 Å². The van der Waals surface area contributed by atoms with E-state index in [-0.39, 0.29) is 0 Å². The Morgan fingerprint density at radius 2 is 2.06 bits per heavy atom. The van der Waals surface area contributed by atoms with Crippen LogP contribution >= 0.6 is 23.4 Å². The van der Waals surface area contributed by atoms with Gasteiger partial charge in [-0.25, -0.2) is 0 Å². The normalized spacial score (nSPS) is 14.5. The summed E-state index contributed by atoms with van der Waals surface area (Å²) in [6.45, 7) is 3.92.